The van der Waals surface area contributed by atoms with Gasteiger partial charge in [0.15, 0.2) is 0 Å². The number of hydrogen-bond donors (Lipinski definition) is 1. The van der Waals surface area contributed by atoms with Crippen LogP contribution in [-0.2, 0) is 4.79 Å². The van der Waals surface area contributed by atoms with Crippen molar-refractivity contribution in [2.45, 2.75) is 19.3 Å². The van der Waals surface area contributed by atoms with E-state index in [1.54, 1.807) is 18.4 Å². The lowest BCUT2D eigenvalue weighted by Gasteiger charge is -2.07. The van der Waals surface area contributed by atoms with Crippen molar-refractivity contribution in [1.82, 2.24) is 4.98 Å². The van der Waals surface area contributed by atoms with E-state index in [-0.39, 0.29) is 6.42 Å². The van der Waals surface area contributed by atoms with E-state index in [0.29, 0.717) is 12.8 Å². The summed E-state index contributed by atoms with van der Waals surface area (Å²) in [6.07, 6.45) is 3.43. The summed E-state index contributed by atoms with van der Waals surface area (Å²) >= 11 is 1.63. The summed E-state index contributed by atoms with van der Waals surface area (Å²) in [6.45, 7) is 0. The molecular weight excluding hydrogens is 334 g/mol. The molecule has 3 aromatic rings. The van der Waals surface area contributed by atoms with Gasteiger partial charge in [-0.25, -0.2) is 4.98 Å². The quantitative estimate of drug-likeness (QED) is 0.642. The van der Waals surface area contributed by atoms with Crippen LogP contribution in [0.5, 0.6) is 5.75 Å². The summed E-state index contributed by atoms with van der Waals surface area (Å²) in [6, 6.07) is 15.8. The minimum atomic E-state index is -0.777. The highest BCUT2D eigenvalue weighted by molar-refractivity contribution is 7.19. The molecule has 0 unspecified atom stereocenters. The molecule has 0 aliphatic heterocycles. The van der Waals surface area contributed by atoms with Crippen molar-refractivity contribution in [3.8, 4) is 5.75 Å². The van der Waals surface area contributed by atoms with Gasteiger partial charge in [0.1, 0.15) is 10.8 Å². The van der Waals surface area contributed by atoms with Gasteiger partial charge in [-0.05, 0) is 42.7 Å². The van der Waals surface area contributed by atoms with Crippen LogP contribution in [0.15, 0.2) is 48.5 Å². The Morgan fingerprint density at radius 1 is 1.16 bits per heavy atom. The molecule has 1 N–H and O–H groups in total. The molecule has 0 bridgehead atoms. The third-order valence-corrected chi connectivity index (χ3v) is 4.99. The van der Waals surface area contributed by atoms with Crippen molar-refractivity contribution in [2.24, 2.45) is 0 Å². The van der Waals surface area contributed by atoms with Gasteiger partial charge in [-0.3, -0.25) is 4.79 Å². The van der Waals surface area contributed by atoms with E-state index in [1.165, 1.54) is 0 Å². The Kier molecular flexibility index (Phi) is 5.46. The number of thiazole rings is 1. The molecular formula is C20H19NO3S. The van der Waals surface area contributed by atoms with Crippen molar-refractivity contribution < 1.29 is 14.6 Å². The molecule has 0 amide bonds. The summed E-state index contributed by atoms with van der Waals surface area (Å²) in [5, 5.41) is 9.86. The molecule has 5 heteroatoms. The highest BCUT2D eigenvalue weighted by atomic mass is 32.1. The highest BCUT2D eigenvalue weighted by Crippen LogP contribution is 2.32. The number of methoxy groups -OCH3 is 1. The van der Waals surface area contributed by atoms with E-state index in [9.17, 15) is 4.79 Å². The molecule has 128 valence electrons. The maximum absolute atomic E-state index is 10.9. The lowest BCUT2D eigenvalue weighted by atomic mass is 10.0. The molecule has 25 heavy (non-hydrogen) atoms. The standard InChI is InChI=1S/C20H19NO3S/c1-24-17-10-4-2-7-14(17)13-15(8-6-12-19(22)23)20-21-16-9-3-5-11-18(16)25-20/h2-5,7,9-11,13H,6,8,12H2,1H3,(H,22,23). The van der Waals surface area contributed by atoms with E-state index in [1.807, 2.05) is 42.5 Å². The summed E-state index contributed by atoms with van der Waals surface area (Å²) in [7, 11) is 1.65. The molecule has 0 atom stereocenters. The van der Waals surface area contributed by atoms with Crippen LogP contribution in [0.4, 0.5) is 0 Å². The zero-order valence-corrected chi connectivity index (χ0v) is 14.8. The second-order valence-corrected chi connectivity index (χ2v) is 6.68. The van der Waals surface area contributed by atoms with Crippen molar-refractivity contribution in [3.05, 3.63) is 59.1 Å². The van der Waals surface area contributed by atoms with E-state index >= 15 is 0 Å². The molecule has 4 nitrogen and oxygen atoms in total. The lowest BCUT2D eigenvalue weighted by molar-refractivity contribution is -0.137. The lowest BCUT2D eigenvalue weighted by Crippen LogP contribution is -1.95. The van der Waals surface area contributed by atoms with Gasteiger partial charge >= 0.3 is 5.97 Å². The van der Waals surface area contributed by atoms with Crippen molar-refractivity contribution >= 4 is 39.2 Å². The fourth-order valence-electron chi connectivity index (χ4n) is 2.65. The SMILES string of the molecule is COc1ccccc1C=C(CCCC(=O)O)c1nc2ccccc2s1. The van der Waals surface area contributed by atoms with Gasteiger partial charge in [0.05, 0.1) is 17.3 Å². The molecule has 0 spiro atoms. The van der Waals surface area contributed by atoms with Gasteiger partial charge in [-0.15, -0.1) is 11.3 Å². The molecule has 1 heterocycles. The van der Waals surface area contributed by atoms with E-state index in [2.05, 4.69) is 12.1 Å². The molecule has 0 aliphatic carbocycles. The number of nitrogens with zero attached hydrogens (tertiary/aromatic N) is 1. The van der Waals surface area contributed by atoms with Gasteiger partial charge in [0.25, 0.3) is 0 Å². The van der Waals surface area contributed by atoms with E-state index in [4.69, 9.17) is 14.8 Å². The minimum Gasteiger partial charge on any atom is -0.496 e. The van der Waals surface area contributed by atoms with Crippen LogP contribution in [0.1, 0.15) is 29.8 Å². The number of para-hydroxylation sites is 2. The summed E-state index contributed by atoms with van der Waals surface area (Å²) < 4.78 is 6.55. The van der Waals surface area contributed by atoms with Crippen LogP contribution in [0.25, 0.3) is 21.9 Å². The van der Waals surface area contributed by atoms with Crippen molar-refractivity contribution in [3.63, 3.8) is 0 Å². The van der Waals surface area contributed by atoms with Crippen LogP contribution in [0.2, 0.25) is 0 Å². The first kappa shape index (κ1) is 17.2. The fourth-order valence-corrected chi connectivity index (χ4v) is 3.66. The van der Waals surface area contributed by atoms with Gasteiger partial charge in [0.2, 0.25) is 0 Å². The van der Waals surface area contributed by atoms with Crippen LogP contribution in [0.3, 0.4) is 0 Å². The fraction of sp³-hybridized carbons (Fsp3) is 0.200. The Labute approximate surface area is 150 Å². The predicted octanol–water partition coefficient (Wildman–Crippen LogP) is 5.10. The van der Waals surface area contributed by atoms with Gasteiger partial charge < -0.3 is 9.84 Å². The van der Waals surface area contributed by atoms with Gasteiger partial charge in [-0.1, -0.05) is 30.3 Å². The molecule has 0 aliphatic rings. The topological polar surface area (TPSA) is 59.4 Å². The third kappa shape index (κ3) is 4.25. The van der Waals surface area contributed by atoms with Crippen molar-refractivity contribution in [2.75, 3.05) is 7.11 Å². The third-order valence-electron chi connectivity index (χ3n) is 3.87. The number of aromatic nitrogens is 1. The molecule has 3 rings (SSSR count). The number of hydrogen-bond acceptors (Lipinski definition) is 4. The smallest absolute Gasteiger partial charge is 0.303 e. The van der Waals surface area contributed by atoms with Gasteiger partial charge in [-0.2, -0.15) is 0 Å². The first-order chi connectivity index (χ1) is 12.2. The molecule has 0 fully saturated rings. The number of allylic oxidation sites excluding steroid dienone is 1. The minimum absolute atomic E-state index is 0.147. The molecule has 0 saturated heterocycles. The number of carbonyl (C=O) groups is 1. The number of carboxylic acid groups (broad SMARTS) is 1. The summed E-state index contributed by atoms with van der Waals surface area (Å²) in [4.78, 5) is 15.6. The summed E-state index contributed by atoms with van der Waals surface area (Å²) in [5.74, 6) is 0.0142. The highest BCUT2D eigenvalue weighted by Gasteiger charge is 2.11. The van der Waals surface area contributed by atoms with E-state index in [0.717, 1.165) is 32.1 Å². The zero-order chi connectivity index (χ0) is 17.6. The number of aliphatic carboxylic acids is 1. The predicted molar refractivity (Wildman–Crippen MR) is 102 cm³/mol. The Morgan fingerprint density at radius 2 is 1.92 bits per heavy atom. The summed E-state index contributed by atoms with van der Waals surface area (Å²) in [5.41, 5.74) is 2.97. The Morgan fingerprint density at radius 3 is 2.68 bits per heavy atom. The zero-order valence-electron chi connectivity index (χ0n) is 13.9. The number of ether oxygens (including phenoxy) is 1. The molecule has 0 saturated carbocycles. The van der Waals surface area contributed by atoms with Crippen LogP contribution in [-0.4, -0.2) is 23.2 Å². The molecule has 1 aromatic heterocycles. The Hall–Kier alpha value is -2.66. The monoisotopic (exact) mass is 353 g/mol. The van der Waals surface area contributed by atoms with Gasteiger partial charge in [0, 0.05) is 12.0 Å². The van der Waals surface area contributed by atoms with Crippen LogP contribution >= 0.6 is 11.3 Å². The first-order valence-electron chi connectivity index (χ1n) is 8.08. The van der Waals surface area contributed by atoms with Crippen LogP contribution < -0.4 is 4.74 Å². The average molecular weight is 353 g/mol. The Balaban J connectivity index is 1.99. The average Bonchev–Trinajstić information content (AvgIpc) is 3.05. The molecule has 2 aromatic carbocycles. The maximum atomic E-state index is 10.9. The number of fused-ring (bicyclic) bond motifs is 1. The second kappa shape index (κ2) is 7.94. The largest absolute Gasteiger partial charge is 0.496 e. The number of carboxylic acids is 1. The molecule has 0 radical (unpaired) electrons. The normalized spacial score (nSPS) is 11.6. The Bertz CT molecular complexity index is 881. The van der Waals surface area contributed by atoms with Crippen molar-refractivity contribution in [1.29, 1.82) is 0 Å². The first-order valence-corrected chi connectivity index (χ1v) is 8.90. The van der Waals surface area contributed by atoms with E-state index < -0.39 is 5.97 Å². The second-order valence-electron chi connectivity index (χ2n) is 5.65. The van der Waals surface area contributed by atoms with Crippen LogP contribution in [0, 0.1) is 0 Å². The number of rotatable bonds is 7. The number of benzene rings is 2. The maximum Gasteiger partial charge on any atom is 0.303 e.